The van der Waals surface area contributed by atoms with Crippen molar-refractivity contribution in [2.45, 2.75) is 38.2 Å². The molecule has 1 amide bonds. The van der Waals surface area contributed by atoms with Crippen LogP contribution in [0.1, 0.15) is 18.9 Å². The SMILES string of the molecule is CCOC(Cc1ccc(OCCN(CCCOC(F)(F)C(F)(F)F)C(=O)Oc2ccc(F)c(F)c2)cc1)C(=O)O. The van der Waals surface area contributed by atoms with Crippen LogP contribution in [-0.4, -0.2) is 73.4 Å². The Kier molecular flexibility index (Phi) is 12.0. The van der Waals surface area contributed by atoms with E-state index in [-0.39, 0.29) is 31.9 Å². The number of ether oxygens (including phenoxy) is 4. The second-order valence-corrected chi connectivity index (χ2v) is 8.13. The molecule has 0 aromatic heterocycles. The van der Waals surface area contributed by atoms with Crippen molar-refractivity contribution in [1.82, 2.24) is 4.90 Å². The van der Waals surface area contributed by atoms with Crippen molar-refractivity contribution in [2.24, 2.45) is 0 Å². The molecule has 1 N–H and O–H groups in total. The predicted octanol–water partition coefficient (Wildman–Crippen LogP) is 5.44. The Morgan fingerprint density at radius 1 is 0.925 bits per heavy atom. The maximum atomic E-state index is 13.4. The fourth-order valence-corrected chi connectivity index (χ4v) is 3.17. The standard InChI is InChI=1S/C25H26F7NO7/c1-2-37-21(22(34)35)14-16-4-6-17(7-5-16)38-13-11-33(10-3-12-39-25(31,32)24(28,29)30)23(36)40-18-8-9-19(26)20(27)15-18/h4-9,15,21H,2-3,10-14H2,1H3,(H,34,35). The molecule has 1 atom stereocenters. The van der Waals surface area contributed by atoms with Crippen LogP contribution < -0.4 is 9.47 Å². The quantitative estimate of drug-likeness (QED) is 0.220. The summed E-state index contributed by atoms with van der Waals surface area (Å²) in [5, 5.41) is 9.18. The first-order chi connectivity index (χ1) is 18.7. The van der Waals surface area contributed by atoms with Gasteiger partial charge in [-0.05, 0) is 43.2 Å². The zero-order valence-corrected chi connectivity index (χ0v) is 21.1. The van der Waals surface area contributed by atoms with Gasteiger partial charge in [0.15, 0.2) is 17.7 Å². The third-order valence-electron chi connectivity index (χ3n) is 5.16. The first kappa shape index (κ1) is 32.6. The molecular formula is C25H26F7NO7. The van der Waals surface area contributed by atoms with Crippen LogP contribution in [0.5, 0.6) is 11.5 Å². The van der Waals surface area contributed by atoms with E-state index in [2.05, 4.69) is 4.74 Å². The van der Waals surface area contributed by atoms with Gasteiger partial charge in [-0.15, -0.1) is 0 Å². The summed E-state index contributed by atoms with van der Waals surface area (Å²) >= 11 is 0. The summed E-state index contributed by atoms with van der Waals surface area (Å²) in [7, 11) is 0. The number of carboxylic acids is 1. The summed E-state index contributed by atoms with van der Waals surface area (Å²) in [6.45, 7) is -0.0394. The molecule has 40 heavy (non-hydrogen) atoms. The lowest BCUT2D eigenvalue weighted by molar-refractivity contribution is -0.391. The van der Waals surface area contributed by atoms with Gasteiger partial charge in [-0.2, -0.15) is 22.0 Å². The van der Waals surface area contributed by atoms with Crippen LogP contribution in [0.15, 0.2) is 42.5 Å². The van der Waals surface area contributed by atoms with Crippen molar-refractivity contribution in [3.05, 3.63) is 59.7 Å². The van der Waals surface area contributed by atoms with Crippen molar-refractivity contribution in [2.75, 3.05) is 32.9 Å². The zero-order valence-electron chi connectivity index (χ0n) is 21.1. The number of benzene rings is 2. The number of carbonyl (C=O) groups excluding carboxylic acids is 1. The van der Waals surface area contributed by atoms with Crippen LogP contribution in [0.2, 0.25) is 0 Å². The van der Waals surface area contributed by atoms with Crippen molar-refractivity contribution >= 4 is 12.1 Å². The molecule has 0 fully saturated rings. The van der Waals surface area contributed by atoms with Crippen LogP contribution in [0.4, 0.5) is 35.5 Å². The van der Waals surface area contributed by atoms with Gasteiger partial charge in [0.1, 0.15) is 18.1 Å². The average molecular weight is 585 g/mol. The molecular weight excluding hydrogens is 559 g/mol. The van der Waals surface area contributed by atoms with E-state index < -0.39 is 61.7 Å². The number of hydrogen-bond acceptors (Lipinski definition) is 6. The first-order valence-corrected chi connectivity index (χ1v) is 11.8. The minimum atomic E-state index is -5.92. The number of aliphatic carboxylic acids is 1. The maximum Gasteiger partial charge on any atom is 0.482 e. The van der Waals surface area contributed by atoms with Crippen molar-refractivity contribution in [3.63, 3.8) is 0 Å². The number of alkyl halides is 5. The van der Waals surface area contributed by atoms with Gasteiger partial charge in [0, 0.05) is 25.6 Å². The molecule has 2 rings (SSSR count). The number of carboxylic acid groups (broad SMARTS) is 1. The Morgan fingerprint density at radius 2 is 1.57 bits per heavy atom. The summed E-state index contributed by atoms with van der Waals surface area (Å²) < 4.78 is 109. The fourth-order valence-electron chi connectivity index (χ4n) is 3.17. The molecule has 0 aliphatic rings. The Morgan fingerprint density at radius 3 is 2.15 bits per heavy atom. The summed E-state index contributed by atoms with van der Waals surface area (Å²) in [4.78, 5) is 24.7. The lowest BCUT2D eigenvalue weighted by Gasteiger charge is -2.23. The second-order valence-electron chi connectivity index (χ2n) is 8.13. The molecule has 0 spiro atoms. The molecule has 0 saturated heterocycles. The van der Waals surface area contributed by atoms with E-state index in [9.17, 15) is 45.4 Å². The third-order valence-corrected chi connectivity index (χ3v) is 5.16. The highest BCUT2D eigenvalue weighted by Gasteiger charge is 2.59. The van der Waals surface area contributed by atoms with E-state index in [1.807, 2.05) is 0 Å². The fraction of sp³-hybridized carbons (Fsp3) is 0.440. The monoisotopic (exact) mass is 585 g/mol. The second kappa shape index (κ2) is 14.7. The number of hydrogen-bond donors (Lipinski definition) is 1. The van der Waals surface area contributed by atoms with Gasteiger partial charge in [0.05, 0.1) is 13.2 Å². The Hall–Kier alpha value is -3.59. The van der Waals surface area contributed by atoms with E-state index in [1.165, 1.54) is 12.1 Å². The lowest BCUT2D eigenvalue weighted by Crippen LogP contribution is -2.41. The van der Waals surface area contributed by atoms with Crippen LogP contribution >= 0.6 is 0 Å². The van der Waals surface area contributed by atoms with Crippen LogP contribution in [0, 0.1) is 11.6 Å². The molecule has 0 bridgehead atoms. The van der Waals surface area contributed by atoms with E-state index in [1.54, 1.807) is 19.1 Å². The van der Waals surface area contributed by atoms with Crippen molar-refractivity contribution in [3.8, 4) is 11.5 Å². The number of nitrogens with zero attached hydrogens (tertiary/aromatic N) is 1. The van der Waals surface area contributed by atoms with Crippen molar-refractivity contribution < 1.29 is 64.4 Å². The summed E-state index contributed by atoms with van der Waals surface area (Å²) in [5.41, 5.74) is 0.639. The summed E-state index contributed by atoms with van der Waals surface area (Å²) in [6, 6.07) is 8.50. The largest absolute Gasteiger partial charge is 0.492 e. The van der Waals surface area contributed by atoms with E-state index >= 15 is 0 Å². The van der Waals surface area contributed by atoms with Gasteiger partial charge in [-0.1, -0.05) is 12.1 Å². The molecule has 0 aliphatic heterocycles. The van der Waals surface area contributed by atoms with Gasteiger partial charge < -0.3 is 29.0 Å². The lowest BCUT2D eigenvalue weighted by atomic mass is 10.1. The third kappa shape index (κ3) is 10.2. The number of rotatable bonds is 15. The zero-order chi connectivity index (χ0) is 29.9. The highest BCUT2D eigenvalue weighted by Crippen LogP contribution is 2.36. The molecule has 15 heteroatoms. The molecule has 8 nitrogen and oxygen atoms in total. The minimum absolute atomic E-state index is 0.0997. The average Bonchev–Trinajstić information content (AvgIpc) is 2.87. The number of halogens is 7. The van der Waals surface area contributed by atoms with E-state index in [0.29, 0.717) is 23.4 Å². The van der Waals surface area contributed by atoms with E-state index in [4.69, 9.17) is 14.2 Å². The minimum Gasteiger partial charge on any atom is -0.492 e. The van der Waals surface area contributed by atoms with E-state index in [0.717, 1.165) is 11.0 Å². The smallest absolute Gasteiger partial charge is 0.482 e. The summed E-state index contributed by atoms with van der Waals surface area (Å²) in [6.07, 6.45) is -13.8. The number of carbonyl (C=O) groups is 2. The van der Waals surface area contributed by atoms with Gasteiger partial charge in [-0.25, -0.2) is 18.4 Å². The van der Waals surface area contributed by atoms with Crippen LogP contribution in [0.25, 0.3) is 0 Å². The number of amides is 1. The van der Waals surface area contributed by atoms with Gasteiger partial charge >= 0.3 is 24.3 Å². The van der Waals surface area contributed by atoms with Gasteiger partial charge in [0.2, 0.25) is 0 Å². The predicted molar refractivity (Wildman–Crippen MR) is 124 cm³/mol. The normalized spacial score (nSPS) is 12.6. The Labute approximate surface area is 224 Å². The first-order valence-electron chi connectivity index (χ1n) is 11.8. The molecule has 0 saturated carbocycles. The highest BCUT2D eigenvalue weighted by atomic mass is 19.4. The summed E-state index contributed by atoms with van der Waals surface area (Å²) in [5.74, 6) is -3.69. The van der Waals surface area contributed by atoms with Crippen LogP contribution in [0.3, 0.4) is 0 Å². The molecule has 0 radical (unpaired) electrons. The Bertz CT molecular complexity index is 1110. The molecule has 1 unspecified atom stereocenters. The molecule has 222 valence electrons. The van der Waals surface area contributed by atoms with Gasteiger partial charge in [-0.3, -0.25) is 0 Å². The Balaban J connectivity index is 1.99. The highest BCUT2D eigenvalue weighted by molar-refractivity contribution is 5.72. The molecule has 0 heterocycles. The topological polar surface area (TPSA) is 94.5 Å². The van der Waals surface area contributed by atoms with Crippen LogP contribution in [-0.2, 0) is 20.7 Å². The van der Waals surface area contributed by atoms with Crippen molar-refractivity contribution in [1.29, 1.82) is 0 Å². The molecule has 2 aromatic rings. The maximum absolute atomic E-state index is 13.4. The van der Waals surface area contributed by atoms with Gasteiger partial charge in [0.25, 0.3) is 0 Å². The molecule has 0 aliphatic carbocycles. The molecule has 2 aromatic carbocycles.